The first-order valence-corrected chi connectivity index (χ1v) is 10.8. The van der Waals surface area contributed by atoms with Crippen molar-refractivity contribution in [3.05, 3.63) is 23.8 Å². The van der Waals surface area contributed by atoms with Crippen molar-refractivity contribution in [2.75, 3.05) is 13.7 Å². The highest BCUT2D eigenvalue weighted by molar-refractivity contribution is 5.92. The van der Waals surface area contributed by atoms with E-state index in [1.807, 2.05) is 6.92 Å². The first-order chi connectivity index (χ1) is 15.1. The van der Waals surface area contributed by atoms with Crippen LogP contribution in [0, 0.1) is 17.8 Å². The molecule has 9 nitrogen and oxygen atoms in total. The maximum Gasteiger partial charge on any atom is 0.337 e. The van der Waals surface area contributed by atoms with Gasteiger partial charge in [0.05, 0.1) is 24.5 Å². The van der Waals surface area contributed by atoms with Gasteiger partial charge in [0.15, 0.2) is 12.2 Å². The van der Waals surface area contributed by atoms with E-state index in [1.165, 1.54) is 14.0 Å². The Morgan fingerprint density at radius 3 is 2.56 bits per heavy atom. The van der Waals surface area contributed by atoms with Gasteiger partial charge in [0.1, 0.15) is 6.10 Å². The van der Waals surface area contributed by atoms with Crippen molar-refractivity contribution >= 4 is 23.9 Å². The summed E-state index contributed by atoms with van der Waals surface area (Å²) in [5, 5.41) is 9.80. The van der Waals surface area contributed by atoms with E-state index < -0.39 is 54.0 Å². The molecule has 0 radical (unpaired) electrons. The zero-order valence-electron chi connectivity index (χ0n) is 19.0. The van der Waals surface area contributed by atoms with Crippen LogP contribution in [0.2, 0.25) is 0 Å². The SMILES string of the molecule is C=C1C(=O)O[C@@H]2C[C@H](CO)CC/C=C(/C(=O)OC)[C@@H](OC(C)=O)[C@@H](OC(=O)C(C)CC)[C@@H]12. The lowest BCUT2D eigenvalue weighted by molar-refractivity contribution is -0.174. The number of rotatable bonds is 6. The Morgan fingerprint density at radius 1 is 1.31 bits per heavy atom. The number of fused-ring (bicyclic) bond motifs is 1. The fraction of sp³-hybridized carbons (Fsp3) is 0.652. The van der Waals surface area contributed by atoms with Gasteiger partial charge in [-0.3, -0.25) is 9.59 Å². The Kier molecular flexibility index (Phi) is 9.00. The molecule has 1 fully saturated rings. The van der Waals surface area contributed by atoms with Crippen LogP contribution in [0.4, 0.5) is 0 Å². The van der Waals surface area contributed by atoms with Crippen LogP contribution < -0.4 is 0 Å². The maximum absolute atomic E-state index is 12.8. The zero-order valence-corrected chi connectivity index (χ0v) is 19.0. The standard InChI is InChI=1S/C23H32O9/c1-6-12(2)21(26)32-20-18-13(3)22(27)31-17(18)10-15(11-24)8-7-9-16(23(28)29-5)19(20)30-14(4)25/h9,12,15,17-20,24H,3,6-8,10-11H2,1-2,4-5H3/b16-9+/t12?,15-,17-,18+,19-,20+/m1/s1. The number of hydrogen-bond donors (Lipinski definition) is 1. The minimum atomic E-state index is -1.32. The quantitative estimate of drug-likeness (QED) is 0.365. The predicted octanol–water partition coefficient (Wildman–Crippen LogP) is 1.87. The summed E-state index contributed by atoms with van der Waals surface area (Å²) in [6.07, 6.45) is -0.105. The lowest BCUT2D eigenvalue weighted by Gasteiger charge is -2.35. The molecule has 0 bridgehead atoms. The molecule has 1 N–H and O–H groups in total. The molecular formula is C23H32O9. The van der Waals surface area contributed by atoms with Crippen LogP contribution in [0.25, 0.3) is 0 Å². The average Bonchev–Trinajstić information content (AvgIpc) is 3.04. The smallest absolute Gasteiger partial charge is 0.337 e. The predicted molar refractivity (Wildman–Crippen MR) is 112 cm³/mol. The molecule has 1 aliphatic heterocycles. The molecule has 6 atom stereocenters. The van der Waals surface area contributed by atoms with E-state index in [-0.39, 0.29) is 23.7 Å². The Hall–Kier alpha value is -2.68. The van der Waals surface area contributed by atoms with Crippen molar-refractivity contribution in [2.45, 2.75) is 64.8 Å². The van der Waals surface area contributed by atoms with Crippen LogP contribution in [-0.4, -0.2) is 61.0 Å². The van der Waals surface area contributed by atoms with Gasteiger partial charge in [0.25, 0.3) is 0 Å². The molecule has 9 heteroatoms. The van der Waals surface area contributed by atoms with E-state index in [2.05, 4.69) is 6.58 Å². The monoisotopic (exact) mass is 452 g/mol. The Labute approximate surface area is 187 Å². The summed E-state index contributed by atoms with van der Waals surface area (Å²) in [4.78, 5) is 49.8. The van der Waals surface area contributed by atoms with Gasteiger partial charge >= 0.3 is 23.9 Å². The number of aliphatic hydroxyl groups is 1. The van der Waals surface area contributed by atoms with Crippen molar-refractivity contribution < 1.29 is 43.2 Å². The van der Waals surface area contributed by atoms with Crippen LogP contribution >= 0.6 is 0 Å². The van der Waals surface area contributed by atoms with E-state index in [0.717, 1.165) is 0 Å². The van der Waals surface area contributed by atoms with Gasteiger partial charge in [-0.15, -0.1) is 0 Å². The highest BCUT2D eigenvalue weighted by Crippen LogP contribution is 2.40. The molecule has 32 heavy (non-hydrogen) atoms. The molecule has 1 heterocycles. The molecule has 1 unspecified atom stereocenters. The van der Waals surface area contributed by atoms with Gasteiger partial charge in [-0.05, 0) is 31.6 Å². The van der Waals surface area contributed by atoms with Crippen LogP contribution in [0.5, 0.6) is 0 Å². The number of ether oxygens (including phenoxy) is 4. The summed E-state index contributed by atoms with van der Waals surface area (Å²) in [5.74, 6) is -4.26. The van der Waals surface area contributed by atoms with Crippen molar-refractivity contribution in [2.24, 2.45) is 17.8 Å². The van der Waals surface area contributed by atoms with Crippen LogP contribution in [0.3, 0.4) is 0 Å². The number of carbonyl (C=O) groups is 4. The van der Waals surface area contributed by atoms with Crippen molar-refractivity contribution in [1.29, 1.82) is 0 Å². The third-order valence-corrected chi connectivity index (χ3v) is 6.03. The molecule has 1 aliphatic carbocycles. The molecule has 2 aliphatic rings. The fourth-order valence-electron chi connectivity index (χ4n) is 4.00. The lowest BCUT2D eigenvalue weighted by atomic mass is 9.80. The second kappa shape index (κ2) is 11.3. The number of aliphatic hydroxyl groups excluding tert-OH is 1. The normalized spacial score (nSPS) is 30.8. The summed E-state index contributed by atoms with van der Waals surface area (Å²) in [6.45, 7) is 8.34. The number of hydrogen-bond acceptors (Lipinski definition) is 9. The summed E-state index contributed by atoms with van der Waals surface area (Å²) >= 11 is 0. The van der Waals surface area contributed by atoms with Gasteiger partial charge in [0.2, 0.25) is 0 Å². The van der Waals surface area contributed by atoms with Crippen molar-refractivity contribution in [3.8, 4) is 0 Å². The van der Waals surface area contributed by atoms with Crippen LogP contribution in [0.1, 0.15) is 46.5 Å². The largest absolute Gasteiger partial charge is 0.466 e. The second-order valence-electron chi connectivity index (χ2n) is 8.25. The third kappa shape index (κ3) is 5.76. The molecule has 0 spiro atoms. The van der Waals surface area contributed by atoms with E-state index in [1.54, 1.807) is 13.0 Å². The van der Waals surface area contributed by atoms with Gasteiger partial charge in [-0.25, -0.2) is 9.59 Å². The lowest BCUT2D eigenvalue weighted by Crippen LogP contribution is -2.47. The molecular weight excluding hydrogens is 420 g/mol. The summed E-state index contributed by atoms with van der Waals surface area (Å²) in [5.41, 5.74) is 0.0460. The van der Waals surface area contributed by atoms with Crippen LogP contribution in [-0.2, 0) is 38.1 Å². The number of carbonyl (C=O) groups excluding carboxylic acids is 4. The molecule has 0 aromatic rings. The Morgan fingerprint density at radius 2 is 2.00 bits per heavy atom. The molecule has 1 saturated heterocycles. The van der Waals surface area contributed by atoms with Crippen LogP contribution in [0.15, 0.2) is 23.8 Å². The van der Waals surface area contributed by atoms with Gasteiger partial charge in [-0.1, -0.05) is 26.5 Å². The minimum absolute atomic E-state index is 0.00543. The molecule has 0 aromatic carbocycles. The van der Waals surface area contributed by atoms with Gasteiger partial charge in [0, 0.05) is 19.1 Å². The highest BCUT2D eigenvalue weighted by Gasteiger charge is 2.51. The van der Waals surface area contributed by atoms with Gasteiger partial charge in [-0.2, -0.15) is 0 Å². The average molecular weight is 453 g/mol. The maximum atomic E-state index is 12.8. The first kappa shape index (κ1) is 25.6. The van der Waals surface area contributed by atoms with E-state index in [9.17, 15) is 24.3 Å². The zero-order chi connectivity index (χ0) is 24.0. The number of methoxy groups -OCH3 is 1. The van der Waals surface area contributed by atoms with Crippen molar-refractivity contribution in [1.82, 2.24) is 0 Å². The molecule has 0 aromatic heterocycles. The fourth-order valence-corrected chi connectivity index (χ4v) is 4.00. The third-order valence-electron chi connectivity index (χ3n) is 6.03. The first-order valence-electron chi connectivity index (χ1n) is 10.8. The number of allylic oxidation sites excluding steroid dienone is 1. The topological polar surface area (TPSA) is 125 Å². The van der Waals surface area contributed by atoms with Gasteiger partial charge < -0.3 is 24.1 Å². The molecule has 2 rings (SSSR count). The summed E-state index contributed by atoms with van der Waals surface area (Å²) in [7, 11) is 1.19. The molecule has 0 amide bonds. The second-order valence-corrected chi connectivity index (χ2v) is 8.25. The summed E-state index contributed by atoms with van der Waals surface area (Å²) < 4.78 is 21.7. The highest BCUT2D eigenvalue weighted by atomic mass is 16.6. The Balaban J connectivity index is 2.66. The Bertz CT molecular complexity index is 784. The minimum Gasteiger partial charge on any atom is -0.466 e. The summed E-state index contributed by atoms with van der Waals surface area (Å²) in [6, 6.07) is 0. The number of esters is 4. The van der Waals surface area contributed by atoms with E-state index >= 15 is 0 Å². The molecule has 178 valence electrons. The van der Waals surface area contributed by atoms with Crippen molar-refractivity contribution in [3.63, 3.8) is 0 Å². The van der Waals surface area contributed by atoms with E-state index in [4.69, 9.17) is 18.9 Å². The van der Waals surface area contributed by atoms with E-state index in [0.29, 0.717) is 25.7 Å². The molecule has 0 saturated carbocycles.